The second-order valence-corrected chi connectivity index (χ2v) is 8.99. The van der Waals surface area contributed by atoms with Crippen LogP contribution in [0.5, 0.6) is 5.88 Å². The van der Waals surface area contributed by atoms with Gasteiger partial charge >= 0.3 is 5.76 Å². The molecule has 1 aromatic carbocycles. The van der Waals surface area contributed by atoms with Crippen molar-refractivity contribution in [2.75, 3.05) is 11.3 Å². The molecule has 1 aliphatic carbocycles. The van der Waals surface area contributed by atoms with E-state index >= 15 is 0 Å². The summed E-state index contributed by atoms with van der Waals surface area (Å²) in [4.78, 5) is 25.3. The molecule has 0 aliphatic heterocycles. The molecule has 0 atom stereocenters. The third-order valence-corrected chi connectivity index (χ3v) is 5.97. The van der Waals surface area contributed by atoms with Crippen LogP contribution in [0.2, 0.25) is 0 Å². The first kappa shape index (κ1) is 22.6. The number of amides is 1. The Kier molecular flexibility index (Phi) is 5.97. The largest absolute Gasteiger partial charge is 0.477 e. The highest BCUT2D eigenvalue weighted by Gasteiger charge is 2.46. The summed E-state index contributed by atoms with van der Waals surface area (Å²) in [6.07, 6.45) is 7.11. The molecule has 4 rings (SSSR count). The second-order valence-electron chi connectivity index (χ2n) is 7.34. The zero-order valence-electron chi connectivity index (χ0n) is 17.4. The van der Waals surface area contributed by atoms with Gasteiger partial charge in [-0.25, -0.2) is 13.4 Å². The summed E-state index contributed by atoms with van der Waals surface area (Å²) >= 11 is 0. The first-order valence-electron chi connectivity index (χ1n) is 9.94. The molecule has 0 unspecified atom stereocenters. The molecule has 0 bridgehead atoms. The molecule has 2 aromatic heterocycles. The van der Waals surface area contributed by atoms with Crippen LogP contribution in [0.25, 0.3) is 5.82 Å². The number of carbonyl (C=O) groups excluding carboxylic acids is 1. The number of nitrogens with one attached hydrogen (secondary N) is 2. The molecular formula is C20H20F2N6O4S. The smallest absolute Gasteiger partial charge is 0.355 e. The van der Waals surface area contributed by atoms with Crippen LogP contribution in [0.15, 0.2) is 49.2 Å². The zero-order chi connectivity index (χ0) is 23.6. The van der Waals surface area contributed by atoms with Crippen molar-refractivity contribution in [2.45, 2.75) is 31.1 Å². The van der Waals surface area contributed by atoms with Crippen molar-refractivity contribution >= 4 is 21.6 Å². The number of ether oxygens (including phenoxy) is 1. The molecule has 0 spiro atoms. The summed E-state index contributed by atoms with van der Waals surface area (Å²) in [6.45, 7) is 2.26. The van der Waals surface area contributed by atoms with E-state index in [0.717, 1.165) is 0 Å². The van der Waals surface area contributed by atoms with E-state index in [2.05, 4.69) is 20.3 Å². The molecular weight excluding hydrogens is 458 g/mol. The van der Waals surface area contributed by atoms with Gasteiger partial charge in [0, 0.05) is 11.9 Å². The van der Waals surface area contributed by atoms with E-state index in [9.17, 15) is 22.0 Å². The maximum atomic E-state index is 12.8. The highest BCUT2D eigenvalue weighted by molar-refractivity contribution is 7.93. The molecule has 10 nitrogen and oxygen atoms in total. The predicted molar refractivity (Wildman–Crippen MR) is 114 cm³/mol. The Labute approximate surface area is 188 Å². The van der Waals surface area contributed by atoms with Crippen LogP contribution in [0.4, 0.5) is 14.5 Å². The van der Waals surface area contributed by atoms with Gasteiger partial charge in [0.2, 0.25) is 5.88 Å². The minimum Gasteiger partial charge on any atom is -0.477 e. The van der Waals surface area contributed by atoms with Crippen LogP contribution in [-0.4, -0.2) is 46.2 Å². The number of hydrogen-bond acceptors (Lipinski definition) is 7. The minimum atomic E-state index is -4.79. The van der Waals surface area contributed by atoms with Gasteiger partial charge in [0.25, 0.3) is 15.9 Å². The summed E-state index contributed by atoms with van der Waals surface area (Å²) in [7, 11) is -4.79. The average Bonchev–Trinajstić information content (AvgIpc) is 3.38. The molecule has 1 amide bonds. The SMILES string of the molecule is CCOc1cncc(-n2cnc(C(=O)NC3(c4cccc(NS(=O)(=O)C(F)F)c4)CC3)c2)n1. The first-order valence-corrected chi connectivity index (χ1v) is 11.5. The lowest BCUT2D eigenvalue weighted by molar-refractivity contribution is 0.0926. The normalized spacial score (nSPS) is 14.7. The molecule has 13 heteroatoms. The van der Waals surface area contributed by atoms with Gasteiger partial charge in [0.15, 0.2) is 5.82 Å². The van der Waals surface area contributed by atoms with Gasteiger partial charge < -0.3 is 10.1 Å². The number of carbonyl (C=O) groups is 1. The fraction of sp³-hybridized carbons (Fsp3) is 0.300. The van der Waals surface area contributed by atoms with Crippen molar-refractivity contribution < 1.29 is 26.7 Å². The van der Waals surface area contributed by atoms with Gasteiger partial charge in [-0.05, 0) is 37.5 Å². The highest BCUT2D eigenvalue weighted by atomic mass is 32.2. The average molecular weight is 478 g/mol. The van der Waals surface area contributed by atoms with Gasteiger partial charge in [0.05, 0.1) is 24.5 Å². The van der Waals surface area contributed by atoms with E-state index < -0.39 is 27.2 Å². The fourth-order valence-corrected chi connectivity index (χ4v) is 3.77. The van der Waals surface area contributed by atoms with Crippen LogP contribution in [-0.2, 0) is 15.6 Å². The van der Waals surface area contributed by atoms with E-state index in [0.29, 0.717) is 36.7 Å². The zero-order valence-corrected chi connectivity index (χ0v) is 18.2. The van der Waals surface area contributed by atoms with E-state index in [1.165, 1.54) is 47.7 Å². The molecule has 0 radical (unpaired) electrons. The molecule has 2 heterocycles. The number of anilines is 1. The molecule has 0 saturated heterocycles. The number of halogens is 2. The summed E-state index contributed by atoms with van der Waals surface area (Å²) < 4.78 is 56.9. The number of alkyl halides is 2. The van der Waals surface area contributed by atoms with Gasteiger partial charge in [-0.3, -0.25) is 19.1 Å². The monoisotopic (exact) mass is 478 g/mol. The third-order valence-electron chi connectivity index (χ3n) is 4.98. The van der Waals surface area contributed by atoms with Crippen LogP contribution in [0.1, 0.15) is 35.8 Å². The van der Waals surface area contributed by atoms with E-state index in [-0.39, 0.29) is 11.4 Å². The molecule has 174 valence electrons. The molecule has 1 fully saturated rings. The number of benzene rings is 1. The van der Waals surface area contributed by atoms with Crippen LogP contribution < -0.4 is 14.8 Å². The van der Waals surface area contributed by atoms with Crippen molar-refractivity contribution in [3.63, 3.8) is 0 Å². The Morgan fingerprint density at radius 3 is 2.79 bits per heavy atom. The molecule has 1 aliphatic rings. The second kappa shape index (κ2) is 8.73. The van der Waals surface area contributed by atoms with Gasteiger partial charge in [-0.1, -0.05) is 12.1 Å². The number of aromatic nitrogens is 4. The summed E-state index contributed by atoms with van der Waals surface area (Å²) in [6, 6.07) is 6.02. The third kappa shape index (κ3) is 4.92. The maximum Gasteiger partial charge on any atom is 0.355 e. The van der Waals surface area contributed by atoms with Gasteiger partial charge in [-0.2, -0.15) is 13.8 Å². The van der Waals surface area contributed by atoms with Crippen LogP contribution in [0, 0.1) is 0 Å². The Morgan fingerprint density at radius 1 is 1.30 bits per heavy atom. The number of imidazole rings is 1. The fourth-order valence-electron chi connectivity index (χ4n) is 3.23. The van der Waals surface area contributed by atoms with E-state index in [1.807, 2.05) is 11.6 Å². The van der Waals surface area contributed by atoms with Gasteiger partial charge in [0.1, 0.15) is 12.0 Å². The standard InChI is InChI=1S/C20H20F2N6O4S/c1-2-32-17-10-23-9-16(25-17)28-11-15(24-12-28)18(29)26-20(6-7-20)13-4-3-5-14(8-13)27-33(30,31)19(21)22/h3-5,8-12,19,27H,2,6-7H2,1H3,(H,26,29). The summed E-state index contributed by atoms with van der Waals surface area (Å²) in [5.41, 5.74) is -0.00759. The Morgan fingerprint density at radius 2 is 2.09 bits per heavy atom. The van der Waals surface area contributed by atoms with E-state index in [1.54, 1.807) is 6.07 Å². The number of hydrogen-bond donors (Lipinski definition) is 2. The lowest BCUT2D eigenvalue weighted by Gasteiger charge is -2.18. The molecule has 2 N–H and O–H groups in total. The Bertz CT molecular complexity index is 1280. The number of nitrogens with zero attached hydrogens (tertiary/aromatic N) is 4. The van der Waals surface area contributed by atoms with Crippen LogP contribution in [0.3, 0.4) is 0 Å². The maximum absolute atomic E-state index is 12.8. The molecule has 33 heavy (non-hydrogen) atoms. The van der Waals surface area contributed by atoms with Crippen LogP contribution >= 0.6 is 0 Å². The molecule has 3 aromatic rings. The Balaban J connectivity index is 1.50. The predicted octanol–water partition coefficient (Wildman–Crippen LogP) is 2.44. The summed E-state index contributed by atoms with van der Waals surface area (Å²) in [5, 5.41) is 2.91. The van der Waals surface area contributed by atoms with Crippen molar-refractivity contribution in [1.29, 1.82) is 0 Å². The molecule has 1 saturated carbocycles. The number of rotatable bonds is 9. The highest BCUT2D eigenvalue weighted by Crippen LogP contribution is 2.46. The first-order chi connectivity index (χ1) is 15.7. The lowest BCUT2D eigenvalue weighted by atomic mass is 10.0. The summed E-state index contributed by atoms with van der Waals surface area (Å²) in [5.74, 6) is -3.23. The Hall–Kier alpha value is -3.61. The van der Waals surface area contributed by atoms with Crippen molar-refractivity contribution in [3.05, 3.63) is 60.4 Å². The van der Waals surface area contributed by atoms with E-state index in [4.69, 9.17) is 4.74 Å². The van der Waals surface area contributed by atoms with Crippen molar-refractivity contribution in [1.82, 2.24) is 24.8 Å². The topological polar surface area (TPSA) is 128 Å². The van der Waals surface area contributed by atoms with Gasteiger partial charge in [-0.15, -0.1) is 0 Å². The minimum absolute atomic E-state index is 0.00893. The quantitative estimate of drug-likeness (QED) is 0.483. The lowest BCUT2D eigenvalue weighted by Crippen LogP contribution is -2.35. The number of sulfonamides is 1. The van der Waals surface area contributed by atoms with Crippen molar-refractivity contribution in [2.24, 2.45) is 0 Å². The van der Waals surface area contributed by atoms with Crippen molar-refractivity contribution in [3.8, 4) is 11.7 Å².